The quantitative estimate of drug-likeness (QED) is 0.320. The Hall–Kier alpha value is -3.63. The Balaban J connectivity index is 1.48. The number of benzene rings is 1. The van der Waals surface area contributed by atoms with Gasteiger partial charge in [-0.05, 0) is 69.2 Å². The van der Waals surface area contributed by atoms with Crippen LogP contribution in [0.4, 0.5) is 20.4 Å². The number of hydrogen-bond acceptors (Lipinski definition) is 7. The van der Waals surface area contributed by atoms with E-state index in [1.54, 1.807) is 51.5 Å². The average molecular weight is 523 g/mol. The van der Waals surface area contributed by atoms with Gasteiger partial charge >= 0.3 is 0 Å². The number of halogens is 2. The number of nitrogens with one attached hydrogen (secondary N) is 1. The van der Waals surface area contributed by atoms with Crippen molar-refractivity contribution in [1.82, 2.24) is 19.6 Å². The number of nitrogens with two attached hydrogens (primary N) is 1. The Labute approximate surface area is 219 Å². The predicted octanol–water partition coefficient (Wildman–Crippen LogP) is 5.19. The molecule has 0 amide bonds. The molecule has 1 aliphatic rings. The summed E-state index contributed by atoms with van der Waals surface area (Å²) in [5.41, 5.74) is 7.65. The van der Waals surface area contributed by atoms with Crippen LogP contribution in [0.25, 0.3) is 16.8 Å². The number of aromatic nitrogens is 4. The molecule has 200 valence electrons. The molecule has 38 heavy (non-hydrogen) atoms. The molecule has 0 bridgehead atoms. The summed E-state index contributed by atoms with van der Waals surface area (Å²) in [6, 6.07) is 7.14. The Bertz CT molecular complexity index is 1430. The van der Waals surface area contributed by atoms with E-state index < -0.39 is 17.2 Å². The second kappa shape index (κ2) is 9.92. The SMILES string of the molecule is CC(C)Oc1cc(F)c(-c2ccc3cnc(Nc4cnccc4C4CC(C)C(C)(O)C(N)C4)n3n2)c(F)c1. The second-order valence-electron chi connectivity index (χ2n) is 10.6. The van der Waals surface area contributed by atoms with Crippen LogP contribution in [0.2, 0.25) is 0 Å². The predicted molar refractivity (Wildman–Crippen MR) is 141 cm³/mol. The summed E-state index contributed by atoms with van der Waals surface area (Å²) in [4.78, 5) is 8.72. The van der Waals surface area contributed by atoms with E-state index in [1.165, 1.54) is 4.52 Å². The fourth-order valence-electron chi connectivity index (χ4n) is 5.15. The minimum atomic E-state index is -0.930. The van der Waals surface area contributed by atoms with Crippen molar-refractivity contribution >= 4 is 17.2 Å². The van der Waals surface area contributed by atoms with Crippen molar-refractivity contribution < 1.29 is 18.6 Å². The van der Waals surface area contributed by atoms with Crippen LogP contribution in [0.1, 0.15) is 52.0 Å². The third-order valence-electron chi connectivity index (χ3n) is 7.49. The lowest BCUT2D eigenvalue weighted by atomic mass is 9.68. The Morgan fingerprint density at radius 1 is 1.16 bits per heavy atom. The van der Waals surface area contributed by atoms with Crippen molar-refractivity contribution in [3.8, 4) is 17.0 Å². The van der Waals surface area contributed by atoms with E-state index in [0.29, 0.717) is 17.9 Å². The first-order valence-corrected chi connectivity index (χ1v) is 12.7. The van der Waals surface area contributed by atoms with Gasteiger partial charge in [0.05, 0.1) is 46.6 Å². The Morgan fingerprint density at radius 3 is 2.58 bits per heavy atom. The van der Waals surface area contributed by atoms with Gasteiger partial charge in [0.15, 0.2) is 0 Å². The zero-order valence-electron chi connectivity index (χ0n) is 21.8. The molecule has 1 aliphatic carbocycles. The van der Waals surface area contributed by atoms with Crippen molar-refractivity contribution in [3.63, 3.8) is 0 Å². The van der Waals surface area contributed by atoms with E-state index in [1.807, 2.05) is 13.0 Å². The van der Waals surface area contributed by atoms with Crippen LogP contribution in [0.5, 0.6) is 5.75 Å². The Morgan fingerprint density at radius 2 is 1.89 bits per heavy atom. The number of imidazole rings is 1. The number of aliphatic hydroxyl groups is 1. The number of nitrogens with zero attached hydrogens (tertiary/aromatic N) is 4. The fourth-order valence-corrected chi connectivity index (χ4v) is 5.15. The van der Waals surface area contributed by atoms with Crippen LogP contribution in [-0.4, -0.2) is 42.4 Å². The first-order valence-electron chi connectivity index (χ1n) is 12.7. The van der Waals surface area contributed by atoms with Crippen LogP contribution in [0.3, 0.4) is 0 Å². The summed E-state index contributed by atoms with van der Waals surface area (Å²) in [7, 11) is 0. The highest BCUT2D eigenvalue weighted by Crippen LogP contribution is 2.43. The first kappa shape index (κ1) is 26.0. The lowest BCUT2D eigenvalue weighted by Gasteiger charge is -2.44. The standard InChI is InChI=1S/C28H32F2N6O2/c1-15(2)38-19-11-21(29)26(22(30)12-19)23-6-5-18-13-33-27(36(18)35-23)34-24-14-32-8-7-20(24)17-9-16(3)28(4,37)25(31)10-17/h5-8,11-17,25,37H,9-10,31H2,1-4H3,(H,33,34). The molecule has 8 nitrogen and oxygen atoms in total. The van der Waals surface area contributed by atoms with Crippen molar-refractivity contribution in [2.45, 2.75) is 64.2 Å². The molecule has 5 rings (SSSR count). The van der Waals surface area contributed by atoms with Gasteiger partial charge in [0.1, 0.15) is 17.4 Å². The maximum Gasteiger partial charge on any atom is 0.229 e. The van der Waals surface area contributed by atoms with Crippen LogP contribution >= 0.6 is 0 Å². The normalized spacial score (nSPS) is 23.7. The number of anilines is 2. The number of ether oxygens (including phenoxy) is 1. The first-order chi connectivity index (χ1) is 18.0. The summed E-state index contributed by atoms with van der Waals surface area (Å²) < 4.78 is 36.9. The molecule has 4 atom stereocenters. The monoisotopic (exact) mass is 522 g/mol. The van der Waals surface area contributed by atoms with Gasteiger partial charge in [-0.15, -0.1) is 0 Å². The van der Waals surface area contributed by atoms with Crippen LogP contribution < -0.4 is 15.8 Å². The Kier molecular flexibility index (Phi) is 6.79. The van der Waals surface area contributed by atoms with Crippen molar-refractivity contribution in [2.24, 2.45) is 11.7 Å². The molecular weight excluding hydrogens is 490 g/mol. The zero-order chi connectivity index (χ0) is 27.2. The molecule has 3 heterocycles. The lowest BCUT2D eigenvalue weighted by Crippen LogP contribution is -2.54. The van der Waals surface area contributed by atoms with E-state index in [9.17, 15) is 13.9 Å². The topological polar surface area (TPSA) is 111 Å². The molecular formula is C28H32F2N6O2. The highest BCUT2D eigenvalue weighted by Gasteiger charge is 2.42. The number of pyridine rings is 1. The maximum atomic E-state index is 15.0. The zero-order valence-corrected chi connectivity index (χ0v) is 21.8. The fraction of sp³-hybridized carbons (Fsp3) is 0.393. The summed E-state index contributed by atoms with van der Waals surface area (Å²) >= 11 is 0. The minimum absolute atomic E-state index is 0.0101. The number of fused-ring (bicyclic) bond motifs is 1. The molecule has 4 unspecified atom stereocenters. The molecule has 0 spiro atoms. The molecule has 3 aromatic heterocycles. The molecule has 1 aromatic carbocycles. The molecule has 0 saturated heterocycles. The van der Waals surface area contributed by atoms with Gasteiger partial charge in [-0.2, -0.15) is 9.61 Å². The molecule has 4 N–H and O–H groups in total. The largest absolute Gasteiger partial charge is 0.491 e. The molecule has 4 aromatic rings. The maximum absolute atomic E-state index is 15.0. The van der Waals surface area contributed by atoms with Gasteiger partial charge in [0.25, 0.3) is 0 Å². The molecule has 0 radical (unpaired) electrons. The van der Waals surface area contributed by atoms with E-state index in [2.05, 4.69) is 20.4 Å². The molecule has 1 fully saturated rings. The van der Waals surface area contributed by atoms with Crippen LogP contribution in [0.15, 0.2) is 48.9 Å². The molecule has 1 saturated carbocycles. The highest BCUT2D eigenvalue weighted by molar-refractivity contribution is 5.66. The second-order valence-corrected chi connectivity index (χ2v) is 10.6. The van der Waals surface area contributed by atoms with Crippen molar-refractivity contribution in [2.75, 3.05) is 5.32 Å². The van der Waals surface area contributed by atoms with Gasteiger partial charge in [-0.25, -0.2) is 13.8 Å². The minimum Gasteiger partial charge on any atom is -0.491 e. The van der Waals surface area contributed by atoms with Crippen molar-refractivity contribution in [1.29, 1.82) is 0 Å². The summed E-state index contributed by atoms with van der Waals surface area (Å²) in [5.74, 6) is -0.930. The molecule has 0 aliphatic heterocycles. The summed E-state index contributed by atoms with van der Waals surface area (Å²) in [6.07, 6.45) is 6.22. The third kappa shape index (κ3) is 4.81. The summed E-state index contributed by atoms with van der Waals surface area (Å²) in [6.45, 7) is 7.37. The third-order valence-corrected chi connectivity index (χ3v) is 7.49. The van der Waals surface area contributed by atoms with E-state index >= 15 is 0 Å². The lowest BCUT2D eigenvalue weighted by molar-refractivity contribution is -0.0463. The van der Waals surface area contributed by atoms with Gasteiger partial charge in [-0.3, -0.25) is 4.98 Å². The van der Waals surface area contributed by atoms with Gasteiger partial charge in [-0.1, -0.05) is 6.92 Å². The average Bonchev–Trinajstić information content (AvgIpc) is 3.24. The summed E-state index contributed by atoms with van der Waals surface area (Å²) in [5, 5.41) is 18.5. The van der Waals surface area contributed by atoms with E-state index in [-0.39, 0.29) is 41.0 Å². The van der Waals surface area contributed by atoms with Gasteiger partial charge < -0.3 is 20.9 Å². The smallest absolute Gasteiger partial charge is 0.229 e. The van der Waals surface area contributed by atoms with Crippen LogP contribution in [0, 0.1) is 17.6 Å². The van der Waals surface area contributed by atoms with Gasteiger partial charge in [0, 0.05) is 24.4 Å². The molecule has 10 heteroatoms. The van der Waals surface area contributed by atoms with Crippen molar-refractivity contribution in [3.05, 3.63) is 66.1 Å². The van der Waals surface area contributed by atoms with Gasteiger partial charge in [0.2, 0.25) is 5.95 Å². The van der Waals surface area contributed by atoms with E-state index in [0.717, 1.165) is 29.8 Å². The number of rotatable bonds is 6. The highest BCUT2D eigenvalue weighted by atomic mass is 19.1. The van der Waals surface area contributed by atoms with Crippen LogP contribution in [-0.2, 0) is 0 Å². The number of hydrogen-bond donors (Lipinski definition) is 3. The van der Waals surface area contributed by atoms with E-state index in [4.69, 9.17) is 10.5 Å².